The molecule has 2 aromatic rings. The highest BCUT2D eigenvalue weighted by atomic mass is 35.5. The van der Waals surface area contributed by atoms with Crippen molar-refractivity contribution in [2.45, 2.75) is 19.9 Å². The highest BCUT2D eigenvalue weighted by molar-refractivity contribution is 6.30. The van der Waals surface area contributed by atoms with Crippen LogP contribution in [0.5, 0.6) is 0 Å². The molecule has 0 aromatic heterocycles. The summed E-state index contributed by atoms with van der Waals surface area (Å²) in [5.74, 6) is -1.40. The molecule has 2 aromatic carbocycles. The van der Waals surface area contributed by atoms with E-state index in [1.54, 1.807) is 30.3 Å². The van der Waals surface area contributed by atoms with Crippen LogP contribution in [0.15, 0.2) is 36.4 Å². The third kappa shape index (κ3) is 3.52. The van der Waals surface area contributed by atoms with Gasteiger partial charge in [0.05, 0.1) is 10.6 Å². The lowest BCUT2D eigenvalue weighted by atomic mass is 10.1. The van der Waals surface area contributed by atoms with Gasteiger partial charge in [-0.3, -0.25) is 0 Å². The number of carboxylic acid groups (broad SMARTS) is 1. The number of rotatable bonds is 4. The Morgan fingerprint density at radius 1 is 1.29 bits per heavy atom. The Hall–Kier alpha value is -2.07. The Balaban J connectivity index is 2.21. The monoisotopic (exact) mass is 307 g/mol. The SMILES string of the molecule is Cc1cc(C(=O)O)ccc1NC(C)c1ccc(F)c(Cl)c1. The van der Waals surface area contributed by atoms with Gasteiger partial charge in [0.25, 0.3) is 0 Å². The zero-order valence-electron chi connectivity index (χ0n) is 11.7. The fourth-order valence-electron chi connectivity index (χ4n) is 2.06. The Labute approximate surface area is 127 Å². The number of carbonyl (C=O) groups is 1. The number of aryl methyl sites for hydroxylation is 1. The fourth-order valence-corrected chi connectivity index (χ4v) is 2.25. The zero-order chi connectivity index (χ0) is 15.6. The topological polar surface area (TPSA) is 49.3 Å². The number of anilines is 1. The molecule has 21 heavy (non-hydrogen) atoms. The van der Waals surface area contributed by atoms with E-state index >= 15 is 0 Å². The second-order valence-corrected chi connectivity index (χ2v) is 5.28. The minimum atomic E-state index is -0.956. The van der Waals surface area contributed by atoms with Crippen LogP contribution in [-0.2, 0) is 0 Å². The van der Waals surface area contributed by atoms with Crippen molar-refractivity contribution in [3.8, 4) is 0 Å². The predicted molar refractivity (Wildman–Crippen MR) is 81.6 cm³/mol. The lowest BCUT2D eigenvalue weighted by Gasteiger charge is -2.18. The van der Waals surface area contributed by atoms with Crippen molar-refractivity contribution < 1.29 is 14.3 Å². The van der Waals surface area contributed by atoms with Crippen LogP contribution < -0.4 is 5.32 Å². The van der Waals surface area contributed by atoms with Gasteiger partial charge in [0.2, 0.25) is 0 Å². The molecular weight excluding hydrogens is 293 g/mol. The van der Waals surface area contributed by atoms with E-state index in [0.717, 1.165) is 16.8 Å². The van der Waals surface area contributed by atoms with E-state index in [9.17, 15) is 9.18 Å². The van der Waals surface area contributed by atoms with Gasteiger partial charge in [-0.15, -0.1) is 0 Å². The zero-order valence-corrected chi connectivity index (χ0v) is 12.4. The van der Waals surface area contributed by atoms with Gasteiger partial charge in [0.1, 0.15) is 5.82 Å². The smallest absolute Gasteiger partial charge is 0.335 e. The van der Waals surface area contributed by atoms with Crippen molar-refractivity contribution in [3.63, 3.8) is 0 Å². The van der Waals surface area contributed by atoms with Crippen LogP contribution in [0.3, 0.4) is 0 Å². The van der Waals surface area contributed by atoms with Crippen molar-refractivity contribution in [1.82, 2.24) is 0 Å². The molecule has 0 aliphatic carbocycles. The predicted octanol–water partition coefficient (Wildman–Crippen LogP) is 4.66. The first-order valence-corrected chi connectivity index (χ1v) is 6.81. The Morgan fingerprint density at radius 3 is 2.57 bits per heavy atom. The third-order valence-corrected chi connectivity index (χ3v) is 3.58. The minimum absolute atomic E-state index is 0.0825. The molecule has 0 amide bonds. The number of benzene rings is 2. The maximum atomic E-state index is 13.2. The number of nitrogens with one attached hydrogen (secondary N) is 1. The number of halogens is 2. The second-order valence-electron chi connectivity index (χ2n) is 4.87. The van der Waals surface area contributed by atoms with Gasteiger partial charge in [-0.2, -0.15) is 0 Å². The molecule has 5 heteroatoms. The molecule has 0 fully saturated rings. The van der Waals surface area contributed by atoms with E-state index in [4.69, 9.17) is 16.7 Å². The summed E-state index contributed by atoms with van der Waals surface area (Å²) in [6, 6.07) is 9.36. The largest absolute Gasteiger partial charge is 0.478 e. The summed E-state index contributed by atoms with van der Waals surface area (Å²) in [6.45, 7) is 3.76. The van der Waals surface area contributed by atoms with Gasteiger partial charge in [-0.05, 0) is 55.3 Å². The highest BCUT2D eigenvalue weighted by Crippen LogP contribution is 2.25. The molecular formula is C16H15ClFNO2. The van der Waals surface area contributed by atoms with Crippen molar-refractivity contribution in [2.24, 2.45) is 0 Å². The van der Waals surface area contributed by atoms with E-state index in [0.29, 0.717) is 0 Å². The summed E-state index contributed by atoms with van der Waals surface area (Å²) in [5, 5.41) is 12.3. The molecule has 0 saturated heterocycles. The highest BCUT2D eigenvalue weighted by Gasteiger charge is 2.11. The van der Waals surface area contributed by atoms with Crippen LogP contribution in [0.4, 0.5) is 10.1 Å². The van der Waals surface area contributed by atoms with Crippen molar-refractivity contribution in [3.05, 3.63) is 63.9 Å². The molecule has 0 heterocycles. The summed E-state index contributed by atoms with van der Waals surface area (Å²) < 4.78 is 13.2. The van der Waals surface area contributed by atoms with E-state index in [2.05, 4.69) is 5.32 Å². The minimum Gasteiger partial charge on any atom is -0.478 e. The van der Waals surface area contributed by atoms with Crippen LogP contribution in [-0.4, -0.2) is 11.1 Å². The van der Waals surface area contributed by atoms with E-state index in [1.807, 2.05) is 13.8 Å². The molecule has 0 bridgehead atoms. The second kappa shape index (κ2) is 6.14. The lowest BCUT2D eigenvalue weighted by Crippen LogP contribution is -2.08. The third-order valence-electron chi connectivity index (χ3n) is 3.29. The lowest BCUT2D eigenvalue weighted by molar-refractivity contribution is 0.0697. The van der Waals surface area contributed by atoms with Crippen LogP contribution in [0.1, 0.15) is 34.5 Å². The van der Waals surface area contributed by atoms with Crippen LogP contribution >= 0.6 is 11.6 Å². The van der Waals surface area contributed by atoms with Crippen LogP contribution in [0, 0.1) is 12.7 Å². The first-order valence-electron chi connectivity index (χ1n) is 6.44. The summed E-state index contributed by atoms with van der Waals surface area (Å²) in [6.07, 6.45) is 0. The quantitative estimate of drug-likeness (QED) is 0.863. The van der Waals surface area contributed by atoms with Gasteiger partial charge in [0, 0.05) is 11.7 Å². The average Bonchev–Trinajstić information content (AvgIpc) is 2.43. The fraction of sp³-hybridized carbons (Fsp3) is 0.188. The summed E-state index contributed by atoms with van der Waals surface area (Å²) in [5.41, 5.74) is 2.75. The van der Waals surface area contributed by atoms with Gasteiger partial charge in [-0.25, -0.2) is 9.18 Å². The molecule has 2 N–H and O–H groups in total. The van der Waals surface area contributed by atoms with Crippen molar-refractivity contribution in [1.29, 1.82) is 0 Å². The average molecular weight is 308 g/mol. The maximum absolute atomic E-state index is 13.2. The molecule has 110 valence electrons. The first-order chi connectivity index (χ1) is 9.88. The Kier molecular flexibility index (Phi) is 4.48. The number of hydrogen-bond acceptors (Lipinski definition) is 2. The van der Waals surface area contributed by atoms with E-state index in [1.165, 1.54) is 6.07 Å². The molecule has 0 spiro atoms. The van der Waals surface area contributed by atoms with Crippen molar-refractivity contribution in [2.75, 3.05) is 5.32 Å². The number of hydrogen-bond donors (Lipinski definition) is 2. The van der Waals surface area contributed by atoms with E-state index in [-0.39, 0.29) is 16.6 Å². The summed E-state index contributed by atoms with van der Waals surface area (Å²) in [4.78, 5) is 10.9. The van der Waals surface area contributed by atoms with Gasteiger partial charge < -0.3 is 10.4 Å². The van der Waals surface area contributed by atoms with Gasteiger partial charge in [0.15, 0.2) is 0 Å². The Bertz CT molecular complexity index is 688. The molecule has 0 saturated carbocycles. The van der Waals surface area contributed by atoms with Crippen LogP contribution in [0.25, 0.3) is 0 Å². The summed E-state index contributed by atoms with van der Waals surface area (Å²) >= 11 is 5.78. The molecule has 0 radical (unpaired) electrons. The summed E-state index contributed by atoms with van der Waals surface area (Å²) in [7, 11) is 0. The molecule has 0 aliphatic heterocycles. The first kappa shape index (κ1) is 15.3. The normalized spacial score (nSPS) is 12.0. The van der Waals surface area contributed by atoms with Crippen LogP contribution in [0.2, 0.25) is 5.02 Å². The number of aromatic carboxylic acids is 1. The molecule has 2 rings (SSSR count). The van der Waals surface area contributed by atoms with Gasteiger partial charge >= 0.3 is 5.97 Å². The van der Waals surface area contributed by atoms with Gasteiger partial charge in [-0.1, -0.05) is 17.7 Å². The Morgan fingerprint density at radius 2 is 2.00 bits per heavy atom. The molecule has 1 atom stereocenters. The molecule has 3 nitrogen and oxygen atoms in total. The molecule has 1 unspecified atom stereocenters. The maximum Gasteiger partial charge on any atom is 0.335 e. The van der Waals surface area contributed by atoms with Crippen molar-refractivity contribution >= 4 is 23.3 Å². The van der Waals surface area contributed by atoms with E-state index < -0.39 is 11.8 Å². The number of carboxylic acids is 1. The molecule has 0 aliphatic rings. The standard InChI is InChI=1S/C16H15ClFNO2/c1-9-7-12(16(20)21)4-6-15(9)19-10(2)11-3-5-14(18)13(17)8-11/h3-8,10,19H,1-2H3,(H,20,21).